The highest BCUT2D eigenvalue weighted by atomic mass is 32.1. The van der Waals surface area contributed by atoms with E-state index in [1.165, 1.54) is 0 Å². The van der Waals surface area contributed by atoms with Gasteiger partial charge in [-0.25, -0.2) is 4.98 Å². The van der Waals surface area contributed by atoms with Gasteiger partial charge >= 0.3 is 0 Å². The van der Waals surface area contributed by atoms with Crippen molar-refractivity contribution in [3.8, 4) is 11.5 Å². The number of nitrogens with one attached hydrogen (secondary N) is 2. The van der Waals surface area contributed by atoms with Crippen molar-refractivity contribution in [3.63, 3.8) is 0 Å². The average Bonchev–Trinajstić information content (AvgIpc) is 3.16. The smallest absolute Gasteiger partial charge is 0.269 e. The third-order valence-electron chi connectivity index (χ3n) is 4.06. The van der Waals surface area contributed by atoms with Gasteiger partial charge in [-0.2, -0.15) is 0 Å². The standard InChI is InChI=1S/C20H18N6O2S/c1-21-19(27)17-10-15(5-7-24-17)28-14-2-3-16-18(11-14)29-20(26-16)25-6-4-13-12-22-8-9-23-13/h2-3,5,7-12H,4,6H2,1H3,(H,21,27)(H,25,26). The summed E-state index contributed by atoms with van der Waals surface area (Å²) >= 11 is 1.55. The van der Waals surface area contributed by atoms with Crippen molar-refractivity contribution in [3.05, 3.63) is 66.5 Å². The van der Waals surface area contributed by atoms with Crippen molar-refractivity contribution in [2.75, 3.05) is 18.9 Å². The van der Waals surface area contributed by atoms with Gasteiger partial charge < -0.3 is 15.4 Å². The number of hydrogen-bond acceptors (Lipinski definition) is 8. The number of rotatable bonds is 7. The second kappa shape index (κ2) is 8.61. The maximum atomic E-state index is 11.7. The first-order chi connectivity index (χ1) is 14.2. The lowest BCUT2D eigenvalue weighted by Gasteiger charge is -2.06. The molecule has 0 radical (unpaired) electrons. The van der Waals surface area contributed by atoms with Crippen LogP contribution in [0.25, 0.3) is 10.2 Å². The molecule has 3 heterocycles. The molecule has 146 valence electrons. The molecule has 1 aromatic carbocycles. The van der Waals surface area contributed by atoms with Crippen molar-refractivity contribution in [1.82, 2.24) is 25.3 Å². The number of anilines is 1. The number of hydrogen-bond donors (Lipinski definition) is 2. The van der Waals surface area contributed by atoms with E-state index < -0.39 is 0 Å². The zero-order valence-corrected chi connectivity index (χ0v) is 16.4. The highest BCUT2D eigenvalue weighted by Gasteiger charge is 2.09. The number of carbonyl (C=O) groups excluding carboxylic acids is 1. The van der Waals surface area contributed by atoms with Gasteiger partial charge in [-0.15, -0.1) is 0 Å². The van der Waals surface area contributed by atoms with Crippen LogP contribution in [0.2, 0.25) is 0 Å². The first-order valence-corrected chi connectivity index (χ1v) is 9.78. The van der Waals surface area contributed by atoms with Crippen LogP contribution in [0.3, 0.4) is 0 Å². The van der Waals surface area contributed by atoms with Crippen molar-refractivity contribution in [1.29, 1.82) is 0 Å². The van der Waals surface area contributed by atoms with Gasteiger partial charge in [-0.3, -0.25) is 19.7 Å². The van der Waals surface area contributed by atoms with Gasteiger partial charge in [0.2, 0.25) is 0 Å². The quantitative estimate of drug-likeness (QED) is 0.485. The normalized spacial score (nSPS) is 10.7. The lowest BCUT2D eigenvalue weighted by Crippen LogP contribution is -2.18. The number of ether oxygens (including phenoxy) is 1. The Hall–Kier alpha value is -3.59. The average molecular weight is 406 g/mol. The van der Waals surface area contributed by atoms with Gasteiger partial charge in [0.15, 0.2) is 5.13 Å². The summed E-state index contributed by atoms with van der Waals surface area (Å²) in [5, 5.41) is 6.71. The van der Waals surface area contributed by atoms with Gasteiger partial charge in [-0.05, 0) is 18.2 Å². The van der Waals surface area contributed by atoms with Crippen molar-refractivity contribution < 1.29 is 9.53 Å². The minimum atomic E-state index is -0.259. The lowest BCUT2D eigenvalue weighted by molar-refractivity contribution is 0.0958. The third-order valence-corrected chi connectivity index (χ3v) is 5.04. The second-order valence-corrected chi connectivity index (χ2v) is 7.11. The fraction of sp³-hybridized carbons (Fsp3) is 0.150. The summed E-state index contributed by atoms with van der Waals surface area (Å²) in [6.45, 7) is 0.723. The Morgan fingerprint density at radius 2 is 2.00 bits per heavy atom. The number of nitrogens with zero attached hydrogens (tertiary/aromatic N) is 4. The highest BCUT2D eigenvalue weighted by Crippen LogP contribution is 2.31. The summed E-state index contributed by atoms with van der Waals surface area (Å²) in [6.07, 6.45) is 7.43. The molecule has 8 nitrogen and oxygen atoms in total. The summed E-state index contributed by atoms with van der Waals surface area (Å²) in [5.41, 5.74) is 2.13. The molecule has 4 rings (SSSR count). The van der Waals surface area contributed by atoms with E-state index in [0.29, 0.717) is 17.2 Å². The monoisotopic (exact) mass is 406 g/mol. The van der Waals surface area contributed by atoms with Crippen molar-refractivity contribution in [2.45, 2.75) is 6.42 Å². The van der Waals surface area contributed by atoms with E-state index in [2.05, 4.69) is 30.6 Å². The Kier molecular flexibility index (Phi) is 5.57. The van der Waals surface area contributed by atoms with Crippen LogP contribution < -0.4 is 15.4 Å². The minimum absolute atomic E-state index is 0.259. The maximum Gasteiger partial charge on any atom is 0.269 e. The molecule has 3 aromatic heterocycles. The van der Waals surface area contributed by atoms with Crippen LogP contribution >= 0.6 is 11.3 Å². The SMILES string of the molecule is CNC(=O)c1cc(Oc2ccc3nc(NCCc4cnccn4)sc3c2)ccn1. The van der Waals surface area contributed by atoms with Crippen molar-refractivity contribution in [2.24, 2.45) is 0 Å². The molecule has 0 spiro atoms. The zero-order chi connectivity index (χ0) is 20.1. The maximum absolute atomic E-state index is 11.7. The number of pyridine rings is 1. The first kappa shape index (κ1) is 18.8. The molecule has 0 saturated heterocycles. The molecule has 9 heteroatoms. The number of fused-ring (bicyclic) bond motifs is 1. The van der Waals surface area contributed by atoms with Crippen LogP contribution in [0.15, 0.2) is 55.1 Å². The summed E-state index contributed by atoms with van der Waals surface area (Å²) in [6, 6.07) is 9.01. The van der Waals surface area contributed by atoms with E-state index in [4.69, 9.17) is 4.74 Å². The molecule has 0 aliphatic rings. The molecule has 4 aromatic rings. The van der Waals surface area contributed by atoms with E-state index in [1.54, 1.807) is 55.3 Å². The highest BCUT2D eigenvalue weighted by molar-refractivity contribution is 7.22. The second-order valence-electron chi connectivity index (χ2n) is 6.08. The Bertz CT molecular complexity index is 1130. The van der Waals surface area contributed by atoms with E-state index in [-0.39, 0.29) is 5.91 Å². The molecular formula is C20H18N6O2S. The summed E-state index contributed by atoms with van der Waals surface area (Å²) in [5.74, 6) is 0.955. The fourth-order valence-electron chi connectivity index (χ4n) is 2.66. The Morgan fingerprint density at radius 3 is 2.83 bits per heavy atom. The van der Waals surface area contributed by atoms with E-state index >= 15 is 0 Å². The molecule has 29 heavy (non-hydrogen) atoms. The molecule has 0 fully saturated rings. The number of amides is 1. The van der Waals surface area contributed by atoms with Crippen LogP contribution in [0.1, 0.15) is 16.2 Å². The third kappa shape index (κ3) is 4.64. The zero-order valence-electron chi connectivity index (χ0n) is 15.6. The first-order valence-electron chi connectivity index (χ1n) is 8.96. The van der Waals surface area contributed by atoms with Gasteiger partial charge in [0.05, 0.1) is 15.9 Å². The van der Waals surface area contributed by atoms with Gasteiger partial charge in [0, 0.05) is 56.9 Å². The van der Waals surface area contributed by atoms with Gasteiger partial charge in [0.1, 0.15) is 17.2 Å². The number of carbonyl (C=O) groups is 1. The van der Waals surface area contributed by atoms with Crippen LogP contribution in [0.5, 0.6) is 11.5 Å². The van der Waals surface area contributed by atoms with Gasteiger partial charge in [0.25, 0.3) is 5.91 Å². The summed E-state index contributed by atoms with van der Waals surface area (Å²) in [7, 11) is 1.56. The minimum Gasteiger partial charge on any atom is -0.457 e. The molecule has 0 atom stereocenters. The summed E-state index contributed by atoms with van der Waals surface area (Å²) < 4.78 is 6.90. The molecular weight excluding hydrogens is 388 g/mol. The molecule has 0 saturated carbocycles. The molecule has 0 aliphatic carbocycles. The molecule has 0 bridgehead atoms. The van der Waals surface area contributed by atoms with Crippen LogP contribution in [0, 0.1) is 0 Å². The van der Waals surface area contributed by atoms with E-state index in [1.807, 2.05) is 18.2 Å². The van der Waals surface area contributed by atoms with Crippen molar-refractivity contribution >= 4 is 32.6 Å². The van der Waals surface area contributed by atoms with Crippen LogP contribution in [0.4, 0.5) is 5.13 Å². The van der Waals surface area contributed by atoms with E-state index in [9.17, 15) is 4.79 Å². The fourth-order valence-corrected chi connectivity index (χ4v) is 3.58. The molecule has 2 N–H and O–H groups in total. The Morgan fingerprint density at radius 1 is 1.10 bits per heavy atom. The number of benzene rings is 1. The molecule has 1 amide bonds. The Balaban J connectivity index is 1.43. The topological polar surface area (TPSA) is 102 Å². The summed E-state index contributed by atoms with van der Waals surface area (Å²) in [4.78, 5) is 28.7. The number of thiazole rings is 1. The van der Waals surface area contributed by atoms with Crippen LogP contribution in [-0.4, -0.2) is 39.4 Å². The largest absolute Gasteiger partial charge is 0.457 e. The molecule has 0 unspecified atom stereocenters. The predicted octanol–water partition coefficient (Wildman–Crippen LogP) is 3.29. The lowest BCUT2D eigenvalue weighted by atomic mass is 10.3. The number of aromatic nitrogens is 4. The van der Waals surface area contributed by atoms with Gasteiger partial charge in [-0.1, -0.05) is 11.3 Å². The predicted molar refractivity (Wildman–Crippen MR) is 112 cm³/mol. The van der Waals surface area contributed by atoms with Crippen LogP contribution in [-0.2, 0) is 6.42 Å². The Labute approximate surface area is 171 Å². The molecule has 0 aliphatic heterocycles. The van der Waals surface area contributed by atoms with E-state index in [0.717, 1.165) is 34.0 Å².